The van der Waals surface area contributed by atoms with Gasteiger partial charge in [-0.05, 0) is 34.9 Å². The first kappa shape index (κ1) is 8.01. The van der Waals surface area contributed by atoms with Crippen LogP contribution in [0.2, 0.25) is 0 Å². The number of rotatable bonds is 1. The van der Waals surface area contributed by atoms with Gasteiger partial charge >= 0.3 is 0 Å². The topological polar surface area (TPSA) is 26.0 Å². The van der Waals surface area contributed by atoms with Crippen molar-refractivity contribution in [2.75, 3.05) is 6.54 Å². The molecule has 0 spiro atoms. The quantitative estimate of drug-likeness (QED) is 0.722. The van der Waals surface area contributed by atoms with Crippen molar-refractivity contribution in [1.82, 2.24) is 0 Å². The first-order valence-corrected chi connectivity index (χ1v) is 5.11. The highest BCUT2D eigenvalue weighted by atomic mass is 14.6. The summed E-state index contributed by atoms with van der Waals surface area (Å²) in [5.74, 6) is 0.538. The zero-order valence-electron chi connectivity index (χ0n) is 8.03. The van der Waals surface area contributed by atoms with E-state index in [0.29, 0.717) is 5.92 Å². The highest BCUT2D eigenvalue weighted by Gasteiger charge is 2.22. The summed E-state index contributed by atoms with van der Waals surface area (Å²) in [6.07, 6.45) is 1.12. The smallest absolute Gasteiger partial charge is 0.000804 e. The summed E-state index contributed by atoms with van der Waals surface area (Å²) in [5.41, 5.74) is 8.70. The van der Waals surface area contributed by atoms with Crippen molar-refractivity contribution in [2.24, 2.45) is 5.73 Å². The van der Waals surface area contributed by atoms with Crippen molar-refractivity contribution in [1.29, 1.82) is 0 Å². The number of hydrogen-bond donors (Lipinski definition) is 1. The molecule has 1 aliphatic rings. The molecule has 0 heterocycles. The van der Waals surface area contributed by atoms with Crippen LogP contribution in [-0.2, 0) is 6.42 Å². The summed E-state index contributed by atoms with van der Waals surface area (Å²) in [4.78, 5) is 0. The van der Waals surface area contributed by atoms with Gasteiger partial charge in [0.15, 0.2) is 0 Å². The monoisotopic (exact) mass is 183 g/mol. The molecule has 1 aliphatic carbocycles. The summed E-state index contributed by atoms with van der Waals surface area (Å²) in [6.45, 7) is 0.758. The molecule has 1 heteroatoms. The van der Waals surface area contributed by atoms with E-state index in [2.05, 4.69) is 36.4 Å². The average Bonchev–Trinajstić information content (AvgIpc) is 2.60. The van der Waals surface area contributed by atoms with Crippen LogP contribution in [0.1, 0.15) is 17.0 Å². The van der Waals surface area contributed by atoms with Gasteiger partial charge in [-0.2, -0.15) is 0 Å². The van der Waals surface area contributed by atoms with Crippen LogP contribution in [0.4, 0.5) is 0 Å². The Bertz CT molecular complexity index is 482. The maximum atomic E-state index is 5.79. The second-order valence-corrected chi connectivity index (χ2v) is 4.00. The SMILES string of the molecule is NC[C@H]1Cc2cccc3cccc1c23. The first-order valence-electron chi connectivity index (χ1n) is 5.11. The van der Waals surface area contributed by atoms with Crippen LogP contribution in [0.5, 0.6) is 0 Å². The number of hydrogen-bond acceptors (Lipinski definition) is 1. The first-order chi connectivity index (χ1) is 6.90. The van der Waals surface area contributed by atoms with Crippen LogP contribution in [0.15, 0.2) is 36.4 Å². The van der Waals surface area contributed by atoms with E-state index in [0.717, 1.165) is 13.0 Å². The standard InChI is InChI=1S/C13H13N/c14-8-11-7-10-5-1-3-9-4-2-6-12(11)13(9)10/h1-6,11H,7-8,14H2/t11-/m1/s1. The Hall–Kier alpha value is -1.34. The molecule has 0 radical (unpaired) electrons. The minimum atomic E-state index is 0.538. The largest absolute Gasteiger partial charge is 0.330 e. The molecular formula is C13H13N. The molecule has 0 bridgehead atoms. The molecule has 14 heavy (non-hydrogen) atoms. The van der Waals surface area contributed by atoms with Gasteiger partial charge in [0.2, 0.25) is 0 Å². The van der Waals surface area contributed by atoms with Crippen molar-refractivity contribution in [3.05, 3.63) is 47.5 Å². The maximum Gasteiger partial charge on any atom is 0.000804 e. The fourth-order valence-corrected chi connectivity index (χ4v) is 2.55. The van der Waals surface area contributed by atoms with Crippen LogP contribution < -0.4 is 5.73 Å². The van der Waals surface area contributed by atoms with Crippen LogP contribution in [0.3, 0.4) is 0 Å². The summed E-state index contributed by atoms with van der Waals surface area (Å²) >= 11 is 0. The Morgan fingerprint density at radius 2 is 1.93 bits per heavy atom. The third kappa shape index (κ3) is 0.933. The van der Waals surface area contributed by atoms with Crippen LogP contribution in [0, 0.1) is 0 Å². The van der Waals surface area contributed by atoms with Crippen LogP contribution in [0.25, 0.3) is 10.8 Å². The molecule has 2 N–H and O–H groups in total. The van der Waals surface area contributed by atoms with Crippen molar-refractivity contribution in [2.45, 2.75) is 12.3 Å². The van der Waals surface area contributed by atoms with E-state index in [9.17, 15) is 0 Å². The summed E-state index contributed by atoms with van der Waals surface area (Å²) in [7, 11) is 0. The highest BCUT2D eigenvalue weighted by Crippen LogP contribution is 2.37. The number of benzene rings is 2. The van der Waals surface area contributed by atoms with E-state index in [1.165, 1.54) is 21.9 Å². The second-order valence-electron chi connectivity index (χ2n) is 4.00. The molecule has 1 nitrogen and oxygen atoms in total. The summed E-state index contributed by atoms with van der Waals surface area (Å²) < 4.78 is 0. The number of nitrogens with two attached hydrogens (primary N) is 1. The Kier molecular flexibility index (Phi) is 1.62. The van der Waals surface area contributed by atoms with Gasteiger partial charge in [0.1, 0.15) is 0 Å². The summed E-state index contributed by atoms with van der Waals surface area (Å²) in [6, 6.07) is 13.1. The third-order valence-corrected chi connectivity index (χ3v) is 3.21. The van der Waals surface area contributed by atoms with Crippen LogP contribution >= 0.6 is 0 Å². The molecule has 0 fully saturated rings. The molecule has 0 aromatic heterocycles. The van der Waals surface area contributed by atoms with E-state index in [1.54, 1.807) is 0 Å². The van der Waals surface area contributed by atoms with Crippen molar-refractivity contribution in [3.8, 4) is 0 Å². The molecule has 1 atom stereocenters. The van der Waals surface area contributed by atoms with Crippen molar-refractivity contribution >= 4 is 10.8 Å². The lowest BCUT2D eigenvalue weighted by Gasteiger charge is -2.06. The zero-order chi connectivity index (χ0) is 9.54. The molecule has 0 amide bonds. The van der Waals surface area contributed by atoms with E-state index < -0.39 is 0 Å². The normalized spacial score (nSPS) is 19.1. The molecule has 0 saturated carbocycles. The van der Waals surface area contributed by atoms with Gasteiger partial charge in [0.25, 0.3) is 0 Å². The van der Waals surface area contributed by atoms with Gasteiger partial charge in [-0.25, -0.2) is 0 Å². The fraction of sp³-hybridized carbons (Fsp3) is 0.231. The molecule has 0 unspecified atom stereocenters. The van der Waals surface area contributed by atoms with Crippen molar-refractivity contribution < 1.29 is 0 Å². The highest BCUT2D eigenvalue weighted by molar-refractivity contribution is 5.91. The Morgan fingerprint density at radius 1 is 1.14 bits per heavy atom. The molecule has 3 rings (SSSR count). The molecular weight excluding hydrogens is 170 g/mol. The Morgan fingerprint density at radius 3 is 2.71 bits per heavy atom. The van der Waals surface area contributed by atoms with E-state index >= 15 is 0 Å². The lowest BCUT2D eigenvalue weighted by Crippen LogP contribution is -2.10. The van der Waals surface area contributed by atoms with Gasteiger partial charge in [0, 0.05) is 5.92 Å². The molecule has 0 aliphatic heterocycles. The summed E-state index contributed by atoms with van der Waals surface area (Å²) in [5, 5.41) is 2.81. The van der Waals surface area contributed by atoms with Gasteiger partial charge in [0.05, 0.1) is 0 Å². The molecule has 0 saturated heterocycles. The van der Waals surface area contributed by atoms with Gasteiger partial charge < -0.3 is 5.73 Å². The maximum absolute atomic E-state index is 5.79. The molecule has 70 valence electrons. The minimum absolute atomic E-state index is 0.538. The van der Waals surface area contributed by atoms with Crippen molar-refractivity contribution in [3.63, 3.8) is 0 Å². The zero-order valence-corrected chi connectivity index (χ0v) is 8.03. The predicted octanol–water partition coefficient (Wildman–Crippen LogP) is 2.44. The van der Waals surface area contributed by atoms with Gasteiger partial charge in [-0.1, -0.05) is 36.4 Å². The minimum Gasteiger partial charge on any atom is -0.330 e. The Labute approximate surface area is 83.5 Å². The van der Waals surface area contributed by atoms with Gasteiger partial charge in [-0.15, -0.1) is 0 Å². The van der Waals surface area contributed by atoms with E-state index in [-0.39, 0.29) is 0 Å². The van der Waals surface area contributed by atoms with E-state index in [4.69, 9.17) is 5.73 Å². The van der Waals surface area contributed by atoms with Gasteiger partial charge in [-0.3, -0.25) is 0 Å². The third-order valence-electron chi connectivity index (χ3n) is 3.21. The molecule has 2 aromatic carbocycles. The fourth-order valence-electron chi connectivity index (χ4n) is 2.55. The Balaban J connectivity index is 2.38. The average molecular weight is 183 g/mol. The van der Waals surface area contributed by atoms with Crippen LogP contribution in [-0.4, -0.2) is 6.54 Å². The van der Waals surface area contributed by atoms with E-state index in [1.807, 2.05) is 0 Å². The predicted molar refractivity (Wildman–Crippen MR) is 59.4 cm³/mol. The lowest BCUT2D eigenvalue weighted by atomic mass is 10.0. The lowest BCUT2D eigenvalue weighted by molar-refractivity contribution is 0.724. The second kappa shape index (κ2) is 2.82. The molecule has 2 aromatic rings.